The van der Waals surface area contributed by atoms with Gasteiger partial charge in [-0.2, -0.15) is 0 Å². The summed E-state index contributed by atoms with van der Waals surface area (Å²) in [5, 5.41) is 0. The molecule has 0 nitrogen and oxygen atoms in total. The van der Waals surface area contributed by atoms with E-state index in [2.05, 4.69) is 60.2 Å². The first-order valence-corrected chi connectivity index (χ1v) is 10.8. The number of hydrogen-bond donors (Lipinski definition) is 0. The summed E-state index contributed by atoms with van der Waals surface area (Å²) in [7, 11) is 0. The Morgan fingerprint density at radius 1 is 0.481 bits per heavy atom. The normalized spacial score (nSPS) is 28.8. The highest BCUT2D eigenvalue weighted by Gasteiger charge is 2.15. The highest BCUT2D eigenvalue weighted by Crippen LogP contribution is 2.32. The summed E-state index contributed by atoms with van der Waals surface area (Å²) in [6.07, 6.45) is 11.3. The molecule has 0 N–H and O–H groups in total. The third kappa shape index (κ3) is 7.53. The quantitative estimate of drug-likeness (QED) is 0.402. The summed E-state index contributed by atoms with van der Waals surface area (Å²) in [4.78, 5) is 0. The van der Waals surface area contributed by atoms with Gasteiger partial charge >= 0.3 is 0 Å². The molecule has 3 atom stereocenters. The molecule has 0 heterocycles. The van der Waals surface area contributed by atoms with Crippen molar-refractivity contribution in [3.8, 4) is 0 Å². The van der Waals surface area contributed by atoms with Crippen LogP contribution in [0.5, 0.6) is 0 Å². The topological polar surface area (TPSA) is 0 Å². The highest BCUT2D eigenvalue weighted by atomic mass is 14.2. The van der Waals surface area contributed by atoms with Crippen LogP contribution >= 0.6 is 0 Å². The lowest BCUT2D eigenvalue weighted by atomic mass is 9.84. The van der Waals surface area contributed by atoms with E-state index >= 15 is 0 Å². The third-order valence-electron chi connectivity index (χ3n) is 6.49. The average molecular weight is 367 g/mol. The Morgan fingerprint density at radius 3 is 0.852 bits per heavy atom. The molecule has 0 heteroatoms. The summed E-state index contributed by atoms with van der Waals surface area (Å²) in [6.45, 7) is 30.5. The average Bonchev–Trinajstić information content (AvgIpc) is 2.63. The van der Waals surface area contributed by atoms with Crippen LogP contribution in [0.15, 0.2) is 72.9 Å². The predicted molar refractivity (Wildman–Crippen MR) is 124 cm³/mol. The van der Waals surface area contributed by atoms with Gasteiger partial charge in [-0.05, 0) is 92.3 Å². The standard InChI is InChI=1S/3C9H14/c3*1-7-5-4-6-8(2)9(7)3/h3*8H,1,3-6H2,2H3. The van der Waals surface area contributed by atoms with Gasteiger partial charge in [-0.1, -0.05) is 77.0 Å². The van der Waals surface area contributed by atoms with Crippen molar-refractivity contribution >= 4 is 0 Å². The van der Waals surface area contributed by atoms with E-state index in [1.807, 2.05) is 0 Å². The molecule has 3 aliphatic rings. The second-order valence-electron chi connectivity index (χ2n) is 8.77. The van der Waals surface area contributed by atoms with Crippen LogP contribution in [0, 0.1) is 17.8 Å². The van der Waals surface area contributed by atoms with Crippen LogP contribution in [0.1, 0.15) is 78.6 Å². The lowest BCUT2D eigenvalue weighted by Gasteiger charge is -2.22. The molecule has 3 fully saturated rings. The van der Waals surface area contributed by atoms with Crippen molar-refractivity contribution in [3.05, 3.63) is 72.9 Å². The lowest BCUT2D eigenvalue weighted by molar-refractivity contribution is 0.542. The van der Waals surface area contributed by atoms with Gasteiger partial charge in [-0.25, -0.2) is 0 Å². The van der Waals surface area contributed by atoms with Crippen LogP contribution in [-0.4, -0.2) is 0 Å². The van der Waals surface area contributed by atoms with Gasteiger partial charge in [0.2, 0.25) is 0 Å². The van der Waals surface area contributed by atoms with Crippen LogP contribution in [0.2, 0.25) is 0 Å². The highest BCUT2D eigenvalue weighted by molar-refractivity contribution is 5.30. The fourth-order valence-corrected chi connectivity index (χ4v) is 3.91. The van der Waals surface area contributed by atoms with Crippen molar-refractivity contribution in [1.29, 1.82) is 0 Å². The molecule has 0 aliphatic heterocycles. The van der Waals surface area contributed by atoms with E-state index in [-0.39, 0.29) is 0 Å². The van der Waals surface area contributed by atoms with Crippen LogP contribution in [0.4, 0.5) is 0 Å². The van der Waals surface area contributed by atoms with Crippen LogP contribution < -0.4 is 0 Å². The van der Waals surface area contributed by atoms with E-state index in [0.29, 0.717) is 17.8 Å². The Labute approximate surface area is 169 Å². The first kappa shape index (κ1) is 23.5. The van der Waals surface area contributed by atoms with Gasteiger partial charge in [0.05, 0.1) is 0 Å². The molecule has 0 bridgehead atoms. The molecule has 3 aliphatic carbocycles. The smallest absolute Gasteiger partial charge is 0.0194 e. The molecule has 3 saturated carbocycles. The van der Waals surface area contributed by atoms with Gasteiger partial charge in [-0.15, -0.1) is 0 Å². The minimum Gasteiger partial charge on any atom is -0.0956 e. The van der Waals surface area contributed by atoms with Crippen molar-refractivity contribution < 1.29 is 0 Å². The van der Waals surface area contributed by atoms with Crippen LogP contribution in [-0.2, 0) is 0 Å². The molecule has 0 saturated heterocycles. The number of allylic oxidation sites excluding steroid dienone is 6. The minimum atomic E-state index is 0.686. The maximum Gasteiger partial charge on any atom is -0.0194 e. The van der Waals surface area contributed by atoms with E-state index in [9.17, 15) is 0 Å². The Kier molecular flexibility index (Phi) is 9.84. The Morgan fingerprint density at radius 2 is 0.704 bits per heavy atom. The molecular formula is C27H42. The number of hydrogen-bond acceptors (Lipinski definition) is 0. The zero-order valence-electron chi connectivity index (χ0n) is 18.3. The summed E-state index contributed by atoms with van der Waals surface area (Å²) in [5.41, 5.74) is 7.65. The fraction of sp³-hybridized carbons (Fsp3) is 0.556. The van der Waals surface area contributed by atoms with E-state index < -0.39 is 0 Å². The van der Waals surface area contributed by atoms with Gasteiger partial charge in [0.1, 0.15) is 0 Å². The summed E-state index contributed by atoms with van der Waals surface area (Å²) in [5.74, 6) is 2.06. The van der Waals surface area contributed by atoms with E-state index in [1.54, 1.807) is 0 Å². The molecule has 3 unspecified atom stereocenters. The molecule has 3 rings (SSSR count). The van der Waals surface area contributed by atoms with Crippen molar-refractivity contribution in [3.63, 3.8) is 0 Å². The number of rotatable bonds is 0. The van der Waals surface area contributed by atoms with E-state index in [0.717, 1.165) is 0 Å². The van der Waals surface area contributed by atoms with Gasteiger partial charge in [-0.3, -0.25) is 0 Å². The Bertz CT molecular complexity index is 512. The maximum absolute atomic E-state index is 3.98. The molecular weight excluding hydrogens is 324 g/mol. The van der Waals surface area contributed by atoms with Crippen molar-refractivity contribution in [2.75, 3.05) is 0 Å². The monoisotopic (exact) mass is 366 g/mol. The lowest BCUT2D eigenvalue weighted by Crippen LogP contribution is -2.06. The predicted octanol–water partition coefficient (Wildman–Crippen LogP) is 8.76. The van der Waals surface area contributed by atoms with Gasteiger partial charge in [0, 0.05) is 0 Å². The van der Waals surface area contributed by atoms with Crippen molar-refractivity contribution in [1.82, 2.24) is 0 Å². The summed E-state index contributed by atoms with van der Waals surface area (Å²) >= 11 is 0. The molecule has 27 heavy (non-hydrogen) atoms. The summed E-state index contributed by atoms with van der Waals surface area (Å²) < 4.78 is 0. The zero-order chi connectivity index (χ0) is 20.6. The van der Waals surface area contributed by atoms with Gasteiger partial charge in [0.15, 0.2) is 0 Å². The molecule has 0 aromatic rings. The third-order valence-corrected chi connectivity index (χ3v) is 6.49. The second-order valence-corrected chi connectivity index (χ2v) is 8.77. The first-order valence-electron chi connectivity index (χ1n) is 10.8. The SMILES string of the molecule is C=C1CCCC(C)C1=C.C=C1CCCC(C)C1=C.C=C1CCCC(C)C1=C. The molecule has 0 amide bonds. The van der Waals surface area contributed by atoms with Crippen molar-refractivity contribution in [2.24, 2.45) is 17.8 Å². The van der Waals surface area contributed by atoms with Crippen LogP contribution in [0.3, 0.4) is 0 Å². The Balaban J connectivity index is 0.000000202. The van der Waals surface area contributed by atoms with Crippen LogP contribution in [0.25, 0.3) is 0 Å². The van der Waals surface area contributed by atoms with Gasteiger partial charge in [0.25, 0.3) is 0 Å². The molecule has 0 spiro atoms. The van der Waals surface area contributed by atoms with E-state index in [1.165, 1.54) is 91.2 Å². The maximum atomic E-state index is 3.98. The molecule has 150 valence electrons. The molecule has 0 radical (unpaired) electrons. The minimum absolute atomic E-state index is 0.686. The Hall–Kier alpha value is -1.56. The molecule has 0 aromatic heterocycles. The van der Waals surface area contributed by atoms with Gasteiger partial charge < -0.3 is 0 Å². The van der Waals surface area contributed by atoms with Crippen molar-refractivity contribution in [2.45, 2.75) is 78.6 Å². The zero-order valence-corrected chi connectivity index (χ0v) is 18.3. The fourth-order valence-electron chi connectivity index (χ4n) is 3.91. The first-order chi connectivity index (χ1) is 12.6. The van der Waals surface area contributed by atoms with E-state index in [4.69, 9.17) is 0 Å². The molecule has 0 aromatic carbocycles. The summed E-state index contributed by atoms with van der Waals surface area (Å²) in [6, 6.07) is 0. The largest absolute Gasteiger partial charge is 0.0956 e. The second kappa shape index (κ2) is 11.3.